The molecule has 1 heterocycles. The third kappa shape index (κ3) is 6.24. The van der Waals surface area contributed by atoms with Gasteiger partial charge >= 0.3 is 0 Å². The molecule has 0 aliphatic carbocycles. The summed E-state index contributed by atoms with van der Waals surface area (Å²) in [4.78, 5) is 4.02. The van der Waals surface area contributed by atoms with Crippen molar-refractivity contribution in [2.24, 2.45) is 5.92 Å². The Hall–Kier alpha value is -1.13. The normalized spacial score (nSPS) is 12.7. The van der Waals surface area contributed by atoms with E-state index in [1.165, 1.54) is 0 Å². The molecule has 1 N–H and O–H groups in total. The van der Waals surface area contributed by atoms with Gasteiger partial charge in [-0.1, -0.05) is 13.8 Å². The van der Waals surface area contributed by atoms with Gasteiger partial charge in [-0.2, -0.15) is 0 Å². The highest BCUT2D eigenvalue weighted by Gasteiger charge is 2.10. The van der Waals surface area contributed by atoms with Crippen LogP contribution in [-0.4, -0.2) is 37.9 Å². The van der Waals surface area contributed by atoms with Crippen molar-refractivity contribution in [1.29, 1.82) is 0 Å². The lowest BCUT2D eigenvalue weighted by molar-refractivity contribution is 0.0800. The summed E-state index contributed by atoms with van der Waals surface area (Å²) in [5.74, 6) is 1.41. The summed E-state index contributed by atoms with van der Waals surface area (Å²) in [7, 11) is 1.68. The molecule has 4 nitrogen and oxygen atoms in total. The molecule has 0 amide bonds. The number of rotatable bonds is 8. The number of pyridine rings is 1. The van der Waals surface area contributed by atoms with Gasteiger partial charge < -0.3 is 14.8 Å². The third-order valence-electron chi connectivity index (χ3n) is 2.21. The smallest absolute Gasteiger partial charge is 0.138 e. The Kier molecular flexibility index (Phi) is 6.58. The maximum absolute atomic E-state index is 5.79. The van der Waals surface area contributed by atoms with Crippen LogP contribution in [0, 0.1) is 5.92 Å². The molecule has 0 aromatic carbocycles. The molecule has 0 aliphatic rings. The third-order valence-corrected chi connectivity index (χ3v) is 2.21. The van der Waals surface area contributed by atoms with Crippen LogP contribution in [0.15, 0.2) is 24.5 Å². The molecule has 1 unspecified atom stereocenters. The predicted molar refractivity (Wildman–Crippen MR) is 68.2 cm³/mol. The summed E-state index contributed by atoms with van der Waals surface area (Å²) in [6, 6.07) is 3.76. The van der Waals surface area contributed by atoms with Crippen molar-refractivity contribution < 1.29 is 9.47 Å². The monoisotopic (exact) mass is 238 g/mol. The minimum absolute atomic E-state index is 0.0166. The zero-order chi connectivity index (χ0) is 12.5. The molecule has 1 rings (SSSR count). The molecule has 0 spiro atoms. The predicted octanol–water partition coefficient (Wildman–Crippen LogP) is 1.72. The van der Waals surface area contributed by atoms with Gasteiger partial charge in [0, 0.05) is 19.9 Å². The summed E-state index contributed by atoms with van der Waals surface area (Å²) in [6.07, 6.45) is 3.46. The molecule has 0 fully saturated rings. The Morgan fingerprint density at radius 1 is 1.35 bits per heavy atom. The highest BCUT2D eigenvalue weighted by molar-refractivity contribution is 5.15. The number of nitrogens with one attached hydrogen (secondary N) is 1. The van der Waals surface area contributed by atoms with Gasteiger partial charge in [0.2, 0.25) is 0 Å². The average Bonchev–Trinajstić information content (AvgIpc) is 2.30. The van der Waals surface area contributed by atoms with Crippen molar-refractivity contribution in [2.75, 3.05) is 26.8 Å². The fourth-order valence-corrected chi connectivity index (χ4v) is 1.46. The van der Waals surface area contributed by atoms with Crippen LogP contribution in [0.3, 0.4) is 0 Å². The number of ether oxygens (including phenoxy) is 2. The van der Waals surface area contributed by atoms with E-state index in [0.717, 1.165) is 18.8 Å². The first kappa shape index (κ1) is 13.9. The van der Waals surface area contributed by atoms with E-state index in [2.05, 4.69) is 24.1 Å². The second-order valence-electron chi connectivity index (χ2n) is 4.44. The Labute approximate surface area is 103 Å². The minimum Gasteiger partial charge on any atom is -0.485 e. The Morgan fingerprint density at radius 2 is 2.18 bits per heavy atom. The van der Waals surface area contributed by atoms with E-state index in [0.29, 0.717) is 12.5 Å². The fraction of sp³-hybridized carbons (Fsp3) is 0.615. The SMILES string of the molecule is COCC(CNCC(C)C)Oc1cccnc1. The molecule has 96 valence electrons. The van der Waals surface area contributed by atoms with E-state index in [-0.39, 0.29) is 6.10 Å². The first-order valence-electron chi connectivity index (χ1n) is 5.98. The van der Waals surface area contributed by atoms with Gasteiger partial charge in [0.1, 0.15) is 11.9 Å². The van der Waals surface area contributed by atoms with Crippen molar-refractivity contribution in [3.63, 3.8) is 0 Å². The van der Waals surface area contributed by atoms with E-state index in [1.54, 1.807) is 19.5 Å². The average molecular weight is 238 g/mol. The minimum atomic E-state index is 0.0166. The molecular weight excluding hydrogens is 216 g/mol. The van der Waals surface area contributed by atoms with Crippen LogP contribution in [0.25, 0.3) is 0 Å². The Balaban J connectivity index is 2.37. The van der Waals surface area contributed by atoms with Gasteiger partial charge in [-0.25, -0.2) is 0 Å². The van der Waals surface area contributed by atoms with Crippen LogP contribution >= 0.6 is 0 Å². The van der Waals surface area contributed by atoms with Crippen molar-refractivity contribution in [1.82, 2.24) is 10.3 Å². The van der Waals surface area contributed by atoms with Crippen LogP contribution in [0.5, 0.6) is 5.75 Å². The van der Waals surface area contributed by atoms with Crippen LogP contribution in [-0.2, 0) is 4.74 Å². The number of hydrogen-bond acceptors (Lipinski definition) is 4. The molecule has 0 saturated carbocycles. The molecule has 1 aromatic heterocycles. The van der Waals surface area contributed by atoms with Crippen molar-refractivity contribution >= 4 is 0 Å². The Morgan fingerprint density at radius 3 is 2.76 bits per heavy atom. The van der Waals surface area contributed by atoms with E-state index in [1.807, 2.05) is 12.1 Å². The van der Waals surface area contributed by atoms with Gasteiger partial charge in [-0.15, -0.1) is 0 Å². The van der Waals surface area contributed by atoms with E-state index < -0.39 is 0 Å². The highest BCUT2D eigenvalue weighted by atomic mass is 16.5. The number of methoxy groups -OCH3 is 1. The van der Waals surface area contributed by atoms with Crippen LogP contribution in [0.2, 0.25) is 0 Å². The highest BCUT2D eigenvalue weighted by Crippen LogP contribution is 2.09. The second kappa shape index (κ2) is 8.03. The quantitative estimate of drug-likeness (QED) is 0.749. The first-order valence-corrected chi connectivity index (χ1v) is 5.98. The number of nitrogens with zero attached hydrogens (tertiary/aromatic N) is 1. The van der Waals surface area contributed by atoms with Gasteiger partial charge in [-0.05, 0) is 24.6 Å². The summed E-state index contributed by atoms with van der Waals surface area (Å²) in [5, 5.41) is 3.36. The zero-order valence-corrected chi connectivity index (χ0v) is 10.8. The number of hydrogen-bond donors (Lipinski definition) is 1. The summed E-state index contributed by atoms with van der Waals surface area (Å²) in [6.45, 7) is 6.69. The van der Waals surface area contributed by atoms with Gasteiger partial charge in [0.25, 0.3) is 0 Å². The maximum atomic E-state index is 5.79. The summed E-state index contributed by atoms with van der Waals surface area (Å²) < 4.78 is 10.9. The second-order valence-corrected chi connectivity index (χ2v) is 4.44. The van der Waals surface area contributed by atoms with Crippen molar-refractivity contribution in [2.45, 2.75) is 20.0 Å². The largest absolute Gasteiger partial charge is 0.485 e. The molecule has 4 heteroatoms. The summed E-state index contributed by atoms with van der Waals surface area (Å²) in [5.41, 5.74) is 0. The molecule has 1 aromatic rings. The molecule has 17 heavy (non-hydrogen) atoms. The standard InChI is InChI=1S/C13H22N2O2/c1-11(2)7-15-9-13(10-16-3)17-12-5-4-6-14-8-12/h4-6,8,11,13,15H,7,9-10H2,1-3H3. The van der Waals surface area contributed by atoms with E-state index in [4.69, 9.17) is 9.47 Å². The molecule has 1 atom stereocenters. The summed E-state index contributed by atoms with van der Waals surface area (Å²) >= 11 is 0. The topological polar surface area (TPSA) is 43.4 Å². The van der Waals surface area contributed by atoms with Gasteiger partial charge in [0.05, 0.1) is 12.8 Å². The van der Waals surface area contributed by atoms with Crippen molar-refractivity contribution in [3.8, 4) is 5.75 Å². The lowest BCUT2D eigenvalue weighted by Crippen LogP contribution is -2.36. The number of aromatic nitrogens is 1. The zero-order valence-electron chi connectivity index (χ0n) is 10.8. The first-order chi connectivity index (χ1) is 8.22. The van der Waals surface area contributed by atoms with Gasteiger partial charge in [0.15, 0.2) is 0 Å². The van der Waals surface area contributed by atoms with Crippen LogP contribution in [0.4, 0.5) is 0 Å². The molecule has 0 radical (unpaired) electrons. The lowest BCUT2D eigenvalue weighted by Gasteiger charge is -2.19. The maximum Gasteiger partial charge on any atom is 0.138 e. The van der Waals surface area contributed by atoms with Crippen molar-refractivity contribution in [3.05, 3.63) is 24.5 Å². The lowest BCUT2D eigenvalue weighted by atomic mass is 10.2. The van der Waals surface area contributed by atoms with E-state index in [9.17, 15) is 0 Å². The van der Waals surface area contributed by atoms with Crippen LogP contribution in [0.1, 0.15) is 13.8 Å². The molecule has 0 aliphatic heterocycles. The Bertz CT molecular complexity index is 291. The molecule has 0 bridgehead atoms. The van der Waals surface area contributed by atoms with E-state index >= 15 is 0 Å². The fourth-order valence-electron chi connectivity index (χ4n) is 1.46. The molecule has 0 saturated heterocycles. The molecular formula is C13H22N2O2. The van der Waals surface area contributed by atoms with Crippen LogP contribution < -0.4 is 10.1 Å². The van der Waals surface area contributed by atoms with Gasteiger partial charge in [-0.3, -0.25) is 4.98 Å².